The molecule has 3 heteroatoms. The van der Waals surface area contributed by atoms with Crippen LogP contribution in [0.4, 0.5) is 5.69 Å². The molecule has 3 nitrogen and oxygen atoms in total. The lowest BCUT2D eigenvalue weighted by Crippen LogP contribution is -2.46. The van der Waals surface area contributed by atoms with Crippen molar-refractivity contribution in [1.29, 1.82) is 0 Å². The molecule has 1 aromatic carbocycles. The van der Waals surface area contributed by atoms with E-state index in [1.807, 2.05) is 12.4 Å². The monoisotopic (exact) mass is 281 g/mol. The van der Waals surface area contributed by atoms with Gasteiger partial charge in [0.15, 0.2) is 0 Å². The minimum absolute atomic E-state index is 1.03. The van der Waals surface area contributed by atoms with E-state index in [4.69, 9.17) is 0 Å². The average Bonchev–Trinajstić information content (AvgIpc) is 2.52. The van der Waals surface area contributed by atoms with E-state index in [-0.39, 0.29) is 0 Å². The highest BCUT2D eigenvalue weighted by Gasteiger charge is 2.18. The quantitative estimate of drug-likeness (QED) is 0.862. The van der Waals surface area contributed by atoms with Gasteiger partial charge in [0.2, 0.25) is 0 Å². The van der Waals surface area contributed by atoms with Crippen molar-refractivity contribution in [3.63, 3.8) is 0 Å². The summed E-state index contributed by atoms with van der Waals surface area (Å²) < 4.78 is 0. The second-order valence-corrected chi connectivity index (χ2v) is 5.84. The van der Waals surface area contributed by atoms with Crippen molar-refractivity contribution in [3.05, 3.63) is 59.4 Å². The zero-order valence-corrected chi connectivity index (χ0v) is 12.9. The van der Waals surface area contributed by atoms with Gasteiger partial charge in [-0.05, 0) is 48.7 Å². The van der Waals surface area contributed by atoms with E-state index in [9.17, 15) is 0 Å². The number of aromatic nitrogens is 1. The van der Waals surface area contributed by atoms with E-state index in [1.165, 1.54) is 22.4 Å². The molecule has 3 rings (SSSR count). The number of hydrogen-bond acceptors (Lipinski definition) is 3. The average molecular weight is 281 g/mol. The maximum absolute atomic E-state index is 4.08. The lowest BCUT2D eigenvalue weighted by molar-refractivity contribution is 0.249. The molecule has 1 saturated heterocycles. The SMILES string of the molecule is Cc1cccc(N2CCN(Cc3ccncc3)CC2)c1C. The van der Waals surface area contributed by atoms with Gasteiger partial charge in [0.1, 0.15) is 0 Å². The Morgan fingerprint density at radius 1 is 0.952 bits per heavy atom. The normalized spacial score (nSPS) is 16.2. The van der Waals surface area contributed by atoms with Gasteiger partial charge in [0, 0.05) is 50.8 Å². The molecule has 0 spiro atoms. The lowest BCUT2D eigenvalue weighted by atomic mass is 10.1. The fourth-order valence-electron chi connectivity index (χ4n) is 2.97. The number of aryl methyl sites for hydroxylation is 1. The van der Waals surface area contributed by atoms with Gasteiger partial charge < -0.3 is 4.90 Å². The van der Waals surface area contributed by atoms with Crippen LogP contribution in [0.15, 0.2) is 42.7 Å². The minimum Gasteiger partial charge on any atom is -0.369 e. The number of rotatable bonds is 3. The van der Waals surface area contributed by atoms with Gasteiger partial charge in [-0.3, -0.25) is 9.88 Å². The smallest absolute Gasteiger partial charge is 0.0399 e. The fraction of sp³-hybridized carbons (Fsp3) is 0.389. The van der Waals surface area contributed by atoms with Crippen LogP contribution in [0.25, 0.3) is 0 Å². The molecule has 1 aromatic heterocycles. The van der Waals surface area contributed by atoms with Gasteiger partial charge in [-0.25, -0.2) is 0 Å². The van der Waals surface area contributed by atoms with Gasteiger partial charge in [-0.15, -0.1) is 0 Å². The molecule has 0 N–H and O–H groups in total. The largest absolute Gasteiger partial charge is 0.369 e. The van der Waals surface area contributed by atoms with Crippen LogP contribution in [0.5, 0.6) is 0 Å². The van der Waals surface area contributed by atoms with E-state index in [1.54, 1.807) is 0 Å². The summed E-state index contributed by atoms with van der Waals surface area (Å²) in [4.78, 5) is 9.13. The summed E-state index contributed by atoms with van der Waals surface area (Å²) >= 11 is 0. The summed E-state index contributed by atoms with van der Waals surface area (Å²) in [5.41, 5.74) is 5.55. The number of benzene rings is 1. The molecule has 0 amide bonds. The topological polar surface area (TPSA) is 19.4 Å². The van der Waals surface area contributed by atoms with Crippen LogP contribution in [0.1, 0.15) is 16.7 Å². The first-order valence-electron chi connectivity index (χ1n) is 7.66. The standard InChI is InChI=1S/C18H23N3/c1-15-4-3-5-18(16(15)2)21-12-10-20(11-13-21)14-17-6-8-19-9-7-17/h3-9H,10-14H2,1-2H3. The van der Waals surface area contributed by atoms with Crippen LogP contribution in [-0.4, -0.2) is 36.1 Å². The number of piperazine rings is 1. The molecule has 2 heterocycles. The maximum atomic E-state index is 4.08. The van der Waals surface area contributed by atoms with Crippen molar-refractivity contribution in [2.24, 2.45) is 0 Å². The highest BCUT2D eigenvalue weighted by Crippen LogP contribution is 2.24. The van der Waals surface area contributed by atoms with Gasteiger partial charge in [0.25, 0.3) is 0 Å². The summed E-state index contributed by atoms with van der Waals surface area (Å²) in [5.74, 6) is 0. The molecule has 1 aliphatic rings. The third kappa shape index (κ3) is 3.24. The fourth-order valence-corrected chi connectivity index (χ4v) is 2.97. The first kappa shape index (κ1) is 14.1. The van der Waals surface area contributed by atoms with Crippen molar-refractivity contribution in [2.45, 2.75) is 20.4 Å². The Bertz CT molecular complexity index is 587. The van der Waals surface area contributed by atoms with E-state index in [2.05, 4.69) is 59.0 Å². The Balaban J connectivity index is 1.61. The summed E-state index contributed by atoms with van der Waals surface area (Å²) in [7, 11) is 0. The molecular weight excluding hydrogens is 258 g/mol. The van der Waals surface area contributed by atoms with Gasteiger partial charge in [-0.1, -0.05) is 12.1 Å². The van der Waals surface area contributed by atoms with Crippen LogP contribution < -0.4 is 4.90 Å². The predicted molar refractivity (Wildman–Crippen MR) is 87.6 cm³/mol. The van der Waals surface area contributed by atoms with Crippen molar-refractivity contribution >= 4 is 5.69 Å². The van der Waals surface area contributed by atoms with E-state index in [0.717, 1.165) is 32.7 Å². The Kier molecular flexibility index (Phi) is 4.20. The number of anilines is 1. The molecule has 2 aromatic rings. The van der Waals surface area contributed by atoms with Gasteiger partial charge >= 0.3 is 0 Å². The number of hydrogen-bond donors (Lipinski definition) is 0. The van der Waals surface area contributed by atoms with Crippen molar-refractivity contribution in [1.82, 2.24) is 9.88 Å². The van der Waals surface area contributed by atoms with Crippen LogP contribution >= 0.6 is 0 Å². The van der Waals surface area contributed by atoms with Crippen LogP contribution in [0.3, 0.4) is 0 Å². The molecule has 0 unspecified atom stereocenters. The van der Waals surface area contributed by atoms with E-state index < -0.39 is 0 Å². The lowest BCUT2D eigenvalue weighted by Gasteiger charge is -2.37. The van der Waals surface area contributed by atoms with Crippen LogP contribution in [0, 0.1) is 13.8 Å². The number of nitrogens with zero attached hydrogens (tertiary/aromatic N) is 3. The Morgan fingerprint density at radius 2 is 1.67 bits per heavy atom. The van der Waals surface area contributed by atoms with Crippen LogP contribution in [0.2, 0.25) is 0 Å². The molecule has 110 valence electrons. The molecular formula is C18H23N3. The van der Waals surface area contributed by atoms with Gasteiger partial charge in [-0.2, -0.15) is 0 Å². The summed E-state index contributed by atoms with van der Waals surface area (Å²) in [5, 5.41) is 0. The van der Waals surface area contributed by atoms with Gasteiger partial charge in [0.05, 0.1) is 0 Å². The summed E-state index contributed by atoms with van der Waals surface area (Å²) in [6, 6.07) is 10.8. The molecule has 0 aliphatic carbocycles. The molecule has 0 atom stereocenters. The first-order chi connectivity index (χ1) is 10.2. The zero-order chi connectivity index (χ0) is 14.7. The highest BCUT2D eigenvalue weighted by molar-refractivity contribution is 5.56. The Morgan fingerprint density at radius 3 is 2.38 bits per heavy atom. The second-order valence-electron chi connectivity index (χ2n) is 5.84. The molecule has 0 saturated carbocycles. The van der Waals surface area contributed by atoms with E-state index >= 15 is 0 Å². The summed E-state index contributed by atoms with van der Waals surface area (Å²) in [6.45, 7) is 9.91. The highest BCUT2D eigenvalue weighted by atomic mass is 15.3. The molecule has 0 radical (unpaired) electrons. The Labute approximate surface area is 127 Å². The minimum atomic E-state index is 1.03. The second kappa shape index (κ2) is 6.27. The maximum Gasteiger partial charge on any atom is 0.0399 e. The Hall–Kier alpha value is -1.87. The summed E-state index contributed by atoms with van der Waals surface area (Å²) in [6.07, 6.45) is 3.75. The van der Waals surface area contributed by atoms with Crippen molar-refractivity contribution in [2.75, 3.05) is 31.1 Å². The van der Waals surface area contributed by atoms with Crippen molar-refractivity contribution in [3.8, 4) is 0 Å². The first-order valence-corrected chi connectivity index (χ1v) is 7.66. The van der Waals surface area contributed by atoms with E-state index in [0.29, 0.717) is 0 Å². The molecule has 1 aliphatic heterocycles. The zero-order valence-electron chi connectivity index (χ0n) is 12.9. The third-order valence-electron chi connectivity index (χ3n) is 4.44. The molecule has 1 fully saturated rings. The van der Waals surface area contributed by atoms with Crippen LogP contribution in [-0.2, 0) is 6.54 Å². The molecule has 0 bridgehead atoms. The number of pyridine rings is 1. The third-order valence-corrected chi connectivity index (χ3v) is 4.44. The van der Waals surface area contributed by atoms with Crippen molar-refractivity contribution < 1.29 is 0 Å². The predicted octanol–water partition coefficient (Wildman–Crippen LogP) is 3.02. The molecule has 21 heavy (non-hydrogen) atoms.